The number of carbonyl (C=O) groups excluding carboxylic acids is 1. The molecule has 0 aliphatic carbocycles. The van der Waals surface area contributed by atoms with Crippen LogP contribution < -0.4 is 10.6 Å². The third-order valence-corrected chi connectivity index (χ3v) is 3.59. The van der Waals surface area contributed by atoms with Gasteiger partial charge in [0.15, 0.2) is 6.73 Å². The summed E-state index contributed by atoms with van der Waals surface area (Å²) in [5.41, 5.74) is 3.51. The summed E-state index contributed by atoms with van der Waals surface area (Å²) in [5, 5.41) is 8.80. The standard InChI is InChI=1S/C17H14F4N2O4/c1-23(14-5-2-9(15(24)25)6-12(14)18)8-27-16(26)11-4-3-10(7-13(11)22)17(19,20)21/h2-7H,8,22H2,1H3,(H,24,25). The Morgan fingerprint density at radius 2 is 1.85 bits per heavy atom. The Morgan fingerprint density at radius 1 is 1.19 bits per heavy atom. The van der Waals surface area contributed by atoms with E-state index in [4.69, 9.17) is 15.6 Å². The van der Waals surface area contributed by atoms with Crippen LogP contribution in [0.15, 0.2) is 36.4 Å². The van der Waals surface area contributed by atoms with Gasteiger partial charge in [0, 0.05) is 12.7 Å². The first-order valence-electron chi connectivity index (χ1n) is 7.38. The Hall–Kier alpha value is -3.30. The van der Waals surface area contributed by atoms with Gasteiger partial charge in [-0.2, -0.15) is 13.2 Å². The molecule has 0 aliphatic heterocycles. The summed E-state index contributed by atoms with van der Waals surface area (Å²) in [4.78, 5) is 24.0. The van der Waals surface area contributed by atoms with Gasteiger partial charge in [0.1, 0.15) is 5.82 Å². The monoisotopic (exact) mass is 386 g/mol. The van der Waals surface area contributed by atoms with Crippen LogP contribution in [0.4, 0.5) is 28.9 Å². The van der Waals surface area contributed by atoms with Crippen LogP contribution in [0.2, 0.25) is 0 Å². The summed E-state index contributed by atoms with van der Waals surface area (Å²) in [5.74, 6) is -3.13. The van der Waals surface area contributed by atoms with E-state index < -0.39 is 41.9 Å². The van der Waals surface area contributed by atoms with Gasteiger partial charge >= 0.3 is 18.1 Å². The predicted octanol–water partition coefficient (Wildman–Crippen LogP) is 3.38. The number of aromatic carboxylic acids is 1. The van der Waals surface area contributed by atoms with E-state index in [1.165, 1.54) is 24.1 Å². The first-order chi connectivity index (χ1) is 12.5. The number of nitrogens with two attached hydrogens (primary N) is 1. The molecule has 0 unspecified atom stereocenters. The zero-order chi connectivity index (χ0) is 20.4. The Bertz CT molecular complexity index is 884. The number of carbonyl (C=O) groups is 2. The molecule has 0 aliphatic rings. The summed E-state index contributed by atoms with van der Waals surface area (Å²) in [7, 11) is 1.38. The van der Waals surface area contributed by atoms with E-state index in [1.54, 1.807) is 0 Å². The quantitative estimate of drug-likeness (QED) is 0.354. The third-order valence-electron chi connectivity index (χ3n) is 3.59. The van der Waals surface area contributed by atoms with Gasteiger partial charge in [-0.05, 0) is 36.4 Å². The zero-order valence-corrected chi connectivity index (χ0v) is 13.9. The fourth-order valence-corrected chi connectivity index (χ4v) is 2.18. The summed E-state index contributed by atoms with van der Waals surface area (Å²) < 4.78 is 56.7. The molecule has 2 aromatic carbocycles. The molecule has 0 bridgehead atoms. The van der Waals surface area contributed by atoms with Gasteiger partial charge in [0.2, 0.25) is 0 Å². The van der Waals surface area contributed by atoms with Crippen LogP contribution >= 0.6 is 0 Å². The number of hydrogen-bond acceptors (Lipinski definition) is 5. The molecule has 0 heterocycles. The average Bonchev–Trinajstić information content (AvgIpc) is 2.58. The number of hydrogen-bond donors (Lipinski definition) is 2. The molecule has 0 atom stereocenters. The van der Waals surface area contributed by atoms with E-state index >= 15 is 0 Å². The maximum Gasteiger partial charge on any atom is 0.416 e. The van der Waals surface area contributed by atoms with Crippen LogP contribution in [-0.2, 0) is 10.9 Å². The minimum Gasteiger partial charge on any atom is -0.478 e. The van der Waals surface area contributed by atoms with Crippen molar-refractivity contribution in [3.05, 3.63) is 58.9 Å². The van der Waals surface area contributed by atoms with Crippen LogP contribution in [0.3, 0.4) is 0 Å². The van der Waals surface area contributed by atoms with Gasteiger partial charge in [0.05, 0.1) is 22.4 Å². The number of alkyl halides is 3. The maximum absolute atomic E-state index is 14.0. The highest BCUT2D eigenvalue weighted by atomic mass is 19.4. The lowest BCUT2D eigenvalue weighted by molar-refractivity contribution is -0.137. The second-order valence-corrected chi connectivity index (χ2v) is 5.53. The Labute approximate surface area is 150 Å². The number of esters is 1. The molecule has 0 fully saturated rings. The largest absolute Gasteiger partial charge is 0.478 e. The van der Waals surface area contributed by atoms with Crippen LogP contribution in [0.1, 0.15) is 26.3 Å². The summed E-state index contributed by atoms with van der Waals surface area (Å²) in [6.07, 6.45) is -4.60. The molecule has 2 rings (SSSR count). The molecule has 0 spiro atoms. The molecule has 27 heavy (non-hydrogen) atoms. The van der Waals surface area contributed by atoms with E-state index in [9.17, 15) is 27.2 Å². The van der Waals surface area contributed by atoms with Gasteiger partial charge in [-0.1, -0.05) is 0 Å². The number of carboxylic acids is 1. The number of carboxylic acid groups (broad SMARTS) is 1. The van der Waals surface area contributed by atoms with E-state index in [0.29, 0.717) is 12.1 Å². The third kappa shape index (κ3) is 4.66. The maximum atomic E-state index is 14.0. The molecular formula is C17H14F4N2O4. The van der Waals surface area contributed by atoms with E-state index in [1.807, 2.05) is 0 Å². The van der Waals surface area contributed by atoms with Crippen molar-refractivity contribution in [1.82, 2.24) is 0 Å². The van der Waals surface area contributed by atoms with Crippen molar-refractivity contribution in [1.29, 1.82) is 0 Å². The van der Waals surface area contributed by atoms with Gasteiger partial charge in [-0.25, -0.2) is 14.0 Å². The highest BCUT2D eigenvalue weighted by Crippen LogP contribution is 2.31. The molecule has 0 radical (unpaired) electrons. The lowest BCUT2D eigenvalue weighted by Crippen LogP contribution is -2.25. The van der Waals surface area contributed by atoms with Gasteiger partial charge in [0.25, 0.3) is 0 Å². The number of halogens is 4. The van der Waals surface area contributed by atoms with Crippen molar-refractivity contribution >= 4 is 23.3 Å². The summed E-state index contributed by atoms with van der Waals surface area (Å²) in [6.45, 7) is -0.442. The molecule has 144 valence electrons. The van der Waals surface area contributed by atoms with Crippen molar-refractivity contribution in [2.75, 3.05) is 24.4 Å². The van der Waals surface area contributed by atoms with Crippen LogP contribution in [0.25, 0.3) is 0 Å². The van der Waals surface area contributed by atoms with Crippen molar-refractivity contribution in [3.63, 3.8) is 0 Å². The van der Waals surface area contributed by atoms with Crippen molar-refractivity contribution in [2.45, 2.75) is 6.18 Å². The molecule has 10 heteroatoms. The number of anilines is 2. The molecular weight excluding hydrogens is 372 g/mol. The molecule has 0 saturated carbocycles. The topological polar surface area (TPSA) is 92.9 Å². The fourth-order valence-electron chi connectivity index (χ4n) is 2.18. The number of nitrogens with zero attached hydrogens (tertiary/aromatic N) is 1. The Morgan fingerprint density at radius 3 is 2.37 bits per heavy atom. The number of ether oxygens (including phenoxy) is 1. The second kappa shape index (κ2) is 7.52. The number of rotatable bonds is 5. The summed E-state index contributed by atoms with van der Waals surface area (Å²) >= 11 is 0. The van der Waals surface area contributed by atoms with Crippen LogP contribution in [-0.4, -0.2) is 30.8 Å². The molecule has 0 aromatic heterocycles. The van der Waals surface area contributed by atoms with Crippen LogP contribution in [0, 0.1) is 5.82 Å². The molecule has 0 amide bonds. The minimum atomic E-state index is -4.60. The van der Waals surface area contributed by atoms with Crippen molar-refractivity contribution < 1.29 is 37.0 Å². The smallest absolute Gasteiger partial charge is 0.416 e. The zero-order valence-electron chi connectivity index (χ0n) is 13.9. The van der Waals surface area contributed by atoms with Crippen molar-refractivity contribution in [2.24, 2.45) is 0 Å². The van der Waals surface area contributed by atoms with E-state index in [0.717, 1.165) is 12.1 Å². The van der Waals surface area contributed by atoms with Gasteiger partial charge in [-0.15, -0.1) is 0 Å². The average molecular weight is 386 g/mol. The number of nitrogen functional groups attached to an aromatic ring is 1. The molecule has 3 N–H and O–H groups in total. The molecule has 0 saturated heterocycles. The summed E-state index contributed by atoms with van der Waals surface area (Å²) in [6, 6.07) is 5.38. The lowest BCUT2D eigenvalue weighted by atomic mass is 10.1. The first kappa shape index (κ1) is 20.0. The van der Waals surface area contributed by atoms with Crippen LogP contribution in [0.5, 0.6) is 0 Å². The molecule has 6 nitrogen and oxygen atoms in total. The van der Waals surface area contributed by atoms with E-state index in [2.05, 4.69) is 0 Å². The fraction of sp³-hybridized carbons (Fsp3) is 0.176. The minimum absolute atomic E-state index is 0.0341. The van der Waals surface area contributed by atoms with Gasteiger partial charge < -0.3 is 20.5 Å². The first-order valence-corrected chi connectivity index (χ1v) is 7.38. The van der Waals surface area contributed by atoms with Gasteiger partial charge in [-0.3, -0.25) is 0 Å². The van der Waals surface area contributed by atoms with Crippen molar-refractivity contribution in [3.8, 4) is 0 Å². The Kier molecular flexibility index (Phi) is 5.58. The highest BCUT2D eigenvalue weighted by Gasteiger charge is 2.31. The second-order valence-electron chi connectivity index (χ2n) is 5.53. The molecule has 2 aromatic rings. The SMILES string of the molecule is CN(COC(=O)c1ccc(C(F)(F)F)cc1N)c1ccc(C(=O)O)cc1F. The number of benzene rings is 2. The normalized spacial score (nSPS) is 11.1. The lowest BCUT2D eigenvalue weighted by Gasteiger charge is -2.20. The van der Waals surface area contributed by atoms with E-state index in [-0.39, 0.29) is 16.8 Å². The Balaban J connectivity index is 2.08. The highest BCUT2D eigenvalue weighted by molar-refractivity contribution is 5.95. The predicted molar refractivity (Wildman–Crippen MR) is 87.9 cm³/mol.